The van der Waals surface area contributed by atoms with Gasteiger partial charge in [-0.1, -0.05) is 32.0 Å². The third kappa shape index (κ3) is 5.33. The van der Waals surface area contributed by atoms with Crippen LogP contribution in [-0.2, 0) is 30.8 Å². The first kappa shape index (κ1) is 24.2. The van der Waals surface area contributed by atoms with Crippen molar-refractivity contribution in [2.45, 2.75) is 50.6 Å². The number of fused-ring (bicyclic) bond motifs is 1. The van der Waals surface area contributed by atoms with Gasteiger partial charge in [-0.3, -0.25) is 13.9 Å². The van der Waals surface area contributed by atoms with Crippen LogP contribution in [-0.4, -0.2) is 43.4 Å². The minimum atomic E-state index is -4.16. The van der Waals surface area contributed by atoms with Crippen LogP contribution in [0.25, 0.3) is 0 Å². The number of para-hydroxylation sites is 1. The van der Waals surface area contributed by atoms with Gasteiger partial charge in [-0.2, -0.15) is 0 Å². The van der Waals surface area contributed by atoms with Crippen LogP contribution in [0.2, 0.25) is 0 Å². The fourth-order valence-corrected chi connectivity index (χ4v) is 5.49. The topological polar surface area (TPSA) is 133 Å². The summed E-state index contributed by atoms with van der Waals surface area (Å²) < 4.78 is 28.2. The van der Waals surface area contributed by atoms with E-state index in [1.165, 1.54) is 31.2 Å². The van der Waals surface area contributed by atoms with E-state index >= 15 is 0 Å². The lowest BCUT2D eigenvalue weighted by atomic mass is 10.0. The van der Waals surface area contributed by atoms with Gasteiger partial charge in [0.2, 0.25) is 11.8 Å². The molecule has 1 heterocycles. The van der Waals surface area contributed by atoms with E-state index in [0.29, 0.717) is 16.9 Å². The molecular formula is C23H27N3O6S. The van der Waals surface area contributed by atoms with Crippen LogP contribution in [0.3, 0.4) is 0 Å². The van der Waals surface area contributed by atoms with Crippen molar-refractivity contribution in [3.05, 3.63) is 54.1 Å². The second-order valence-corrected chi connectivity index (χ2v) is 10.2. The van der Waals surface area contributed by atoms with Gasteiger partial charge >= 0.3 is 5.97 Å². The Kier molecular flexibility index (Phi) is 7.06. The number of benzene rings is 2. The molecule has 0 spiro atoms. The minimum Gasteiger partial charge on any atom is -0.480 e. The van der Waals surface area contributed by atoms with E-state index in [1.807, 2.05) is 13.8 Å². The summed E-state index contributed by atoms with van der Waals surface area (Å²) in [4.78, 5) is 36.0. The van der Waals surface area contributed by atoms with Gasteiger partial charge in [0, 0.05) is 19.0 Å². The number of hydrogen-bond acceptors (Lipinski definition) is 5. The van der Waals surface area contributed by atoms with Gasteiger partial charge in [-0.25, -0.2) is 13.2 Å². The third-order valence-electron chi connectivity index (χ3n) is 5.28. The predicted molar refractivity (Wildman–Crippen MR) is 123 cm³/mol. The van der Waals surface area contributed by atoms with E-state index in [-0.39, 0.29) is 29.6 Å². The van der Waals surface area contributed by atoms with Gasteiger partial charge in [0.15, 0.2) is 0 Å². The standard InChI is InChI=1S/C23H27N3O6S/c1-14(2)12-19(23(29)30)25-22(28)21-13-16-6-4-5-7-20(16)26(21)33(31,32)18-10-8-17(9-11-18)24-15(3)27/h4-11,14,19,21H,12-13H2,1-3H3,(H,24,27)(H,25,28)(H,29,30)/t19?,21-/m0/s1. The number of sulfonamides is 1. The summed E-state index contributed by atoms with van der Waals surface area (Å²) in [6.07, 6.45) is 0.345. The maximum absolute atomic E-state index is 13.6. The molecule has 0 radical (unpaired) electrons. The highest BCUT2D eigenvalue weighted by molar-refractivity contribution is 7.93. The molecule has 33 heavy (non-hydrogen) atoms. The molecule has 2 aromatic rings. The Balaban J connectivity index is 1.96. The van der Waals surface area contributed by atoms with Crippen LogP contribution in [0.5, 0.6) is 0 Å². The molecule has 0 saturated carbocycles. The number of carbonyl (C=O) groups is 3. The number of nitrogens with zero attached hydrogens (tertiary/aromatic N) is 1. The zero-order chi connectivity index (χ0) is 24.3. The highest BCUT2D eigenvalue weighted by Crippen LogP contribution is 2.37. The molecule has 2 amide bonds. The molecule has 9 nitrogen and oxygen atoms in total. The van der Waals surface area contributed by atoms with Crippen LogP contribution < -0.4 is 14.9 Å². The van der Waals surface area contributed by atoms with Crippen LogP contribution in [0, 0.1) is 5.92 Å². The smallest absolute Gasteiger partial charge is 0.326 e. The molecule has 0 aliphatic carbocycles. The summed E-state index contributed by atoms with van der Waals surface area (Å²) in [6, 6.07) is 10.2. The van der Waals surface area contributed by atoms with Crippen molar-refractivity contribution in [1.82, 2.24) is 5.32 Å². The Morgan fingerprint density at radius 1 is 1.09 bits per heavy atom. The van der Waals surface area contributed by atoms with Crippen LogP contribution in [0.15, 0.2) is 53.4 Å². The summed E-state index contributed by atoms with van der Waals surface area (Å²) in [7, 11) is -4.16. The van der Waals surface area contributed by atoms with E-state index in [0.717, 1.165) is 4.31 Å². The Labute approximate surface area is 192 Å². The summed E-state index contributed by atoms with van der Waals surface area (Å²) in [5.41, 5.74) is 1.49. The number of anilines is 2. The largest absolute Gasteiger partial charge is 0.480 e. The van der Waals surface area contributed by atoms with Crippen LogP contribution >= 0.6 is 0 Å². The number of amides is 2. The Morgan fingerprint density at radius 3 is 2.30 bits per heavy atom. The van der Waals surface area contributed by atoms with Gasteiger partial charge in [0.1, 0.15) is 12.1 Å². The molecule has 0 bridgehead atoms. The van der Waals surface area contributed by atoms with E-state index in [1.54, 1.807) is 24.3 Å². The van der Waals surface area contributed by atoms with E-state index in [9.17, 15) is 27.9 Å². The Hall–Kier alpha value is -3.40. The normalized spacial score (nSPS) is 16.2. The zero-order valence-corrected chi connectivity index (χ0v) is 19.4. The van der Waals surface area contributed by atoms with Crippen molar-refractivity contribution in [2.24, 2.45) is 5.92 Å². The molecular weight excluding hydrogens is 446 g/mol. The fourth-order valence-electron chi connectivity index (χ4n) is 3.84. The van der Waals surface area contributed by atoms with Gasteiger partial charge in [-0.15, -0.1) is 0 Å². The maximum Gasteiger partial charge on any atom is 0.326 e. The van der Waals surface area contributed by atoms with Crippen molar-refractivity contribution in [3.8, 4) is 0 Å². The van der Waals surface area contributed by atoms with Crippen LogP contribution in [0.4, 0.5) is 11.4 Å². The van der Waals surface area contributed by atoms with Gasteiger partial charge in [-0.05, 0) is 48.2 Å². The molecule has 0 fully saturated rings. The molecule has 2 atom stereocenters. The number of carbonyl (C=O) groups excluding carboxylic acids is 2. The molecule has 0 aromatic heterocycles. The lowest BCUT2D eigenvalue weighted by molar-refractivity contribution is -0.142. The molecule has 3 rings (SSSR count). The van der Waals surface area contributed by atoms with Crippen molar-refractivity contribution in [3.63, 3.8) is 0 Å². The van der Waals surface area contributed by atoms with Crippen molar-refractivity contribution in [1.29, 1.82) is 0 Å². The first-order valence-corrected chi connectivity index (χ1v) is 12.0. The molecule has 176 valence electrons. The number of carboxylic acids is 1. The summed E-state index contributed by atoms with van der Waals surface area (Å²) in [5, 5.41) is 14.6. The number of rotatable bonds is 8. The number of hydrogen-bond donors (Lipinski definition) is 3. The Morgan fingerprint density at radius 2 is 1.73 bits per heavy atom. The van der Waals surface area contributed by atoms with Crippen molar-refractivity contribution < 1.29 is 27.9 Å². The number of nitrogens with one attached hydrogen (secondary N) is 2. The molecule has 1 aliphatic rings. The van der Waals surface area contributed by atoms with Gasteiger partial charge in [0.05, 0.1) is 10.6 Å². The summed E-state index contributed by atoms with van der Waals surface area (Å²) in [6.45, 7) is 5.03. The van der Waals surface area contributed by atoms with Crippen molar-refractivity contribution >= 4 is 39.2 Å². The second kappa shape index (κ2) is 9.62. The zero-order valence-electron chi connectivity index (χ0n) is 18.6. The van der Waals surface area contributed by atoms with E-state index < -0.39 is 34.0 Å². The first-order chi connectivity index (χ1) is 15.5. The summed E-state index contributed by atoms with van der Waals surface area (Å²) >= 11 is 0. The number of aliphatic carboxylic acids is 1. The quantitative estimate of drug-likeness (QED) is 0.539. The first-order valence-electron chi connectivity index (χ1n) is 10.5. The van der Waals surface area contributed by atoms with Gasteiger partial charge in [0.25, 0.3) is 10.0 Å². The lowest BCUT2D eigenvalue weighted by Crippen LogP contribution is -2.52. The predicted octanol–water partition coefficient (Wildman–Crippen LogP) is 2.38. The average molecular weight is 474 g/mol. The fraction of sp³-hybridized carbons (Fsp3) is 0.348. The third-order valence-corrected chi connectivity index (χ3v) is 7.12. The van der Waals surface area contributed by atoms with Crippen molar-refractivity contribution in [2.75, 3.05) is 9.62 Å². The summed E-state index contributed by atoms with van der Waals surface area (Å²) in [5.74, 6) is -2.10. The van der Waals surface area contributed by atoms with Gasteiger partial charge < -0.3 is 15.7 Å². The second-order valence-electron chi connectivity index (χ2n) is 8.38. The molecule has 1 unspecified atom stereocenters. The highest BCUT2D eigenvalue weighted by atomic mass is 32.2. The molecule has 2 aromatic carbocycles. The number of carboxylic acid groups (broad SMARTS) is 1. The highest BCUT2D eigenvalue weighted by Gasteiger charge is 2.43. The lowest BCUT2D eigenvalue weighted by Gasteiger charge is -2.27. The molecule has 0 saturated heterocycles. The maximum atomic E-state index is 13.6. The van der Waals surface area contributed by atoms with Crippen LogP contribution in [0.1, 0.15) is 32.8 Å². The average Bonchev–Trinajstić information content (AvgIpc) is 3.13. The van der Waals surface area contributed by atoms with E-state index in [2.05, 4.69) is 10.6 Å². The minimum absolute atomic E-state index is 0.0223. The molecule has 3 N–H and O–H groups in total. The van der Waals surface area contributed by atoms with E-state index in [4.69, 9.17) is 0 Å². The molecule has 1 aliphatic heterocycles. The Bertz CT molecular complexity index is 1160. The molecule has 10 heteroatoms. The SMILES string of the molecule is CC(=O)Nc1ccc(S(=O)(=O)N2c3ccccc3C[C@H]2C(=O)NC(CC(C)C)C(=O)O)cc1. The monoisotopic (exact) mass is 473 g/mol.